The van der Waals surface area contributed by atoms with Crippen molar-refractivity contribution < 1.29 is 9.84 Å². The number of nitrogens with zero attached hydrogens (tertiary/aromatic N) is 5. The Morgan fingerprint density at radius 3 is 2.82 bits per heavy atom. The van der Waals surface area contributed by atoms with Gasteiger partial charge in [-0.2, -0.15) is 16.1 Å². The third kappa shape index (κ3) is 3.89. The Morgan fingerprint density at radius 1 is 1.36 bits per heavy atom. The first-order valence-corrected chi connectivity index (χ1v) is 8.40. The molecule has 0 radical (unpaired) electrons. The normalized spacial score (nSPS) is 24.5. The second kappa shape index (κ2) is 6.82. The maximum atomic E-state index is 10.3. The maximum absolute atomic E-state index is 10.3. The molecular weight excluding hydrogens is 302 g/mol. The highest BCUT2D eigenvalue weighted by Gasteiger charge is 2.24. The molecule has 3 rings (SSSR count). The third-order valence-electron chi connectivity index (χ3n) is 3.57. The highest BCUT2D eigenvalue weighted by Crippen LogP contribution is 2.16. The van der Waals surface area contributed by atoms with Gasteiger partial charge >= 0.3 is 0 Å². The largest absolute Gasteiger partial charge is 0.390 e. The molecule has 0 aliphatic carbocycles. The number of aromatic nitrogens is 4. The van der Waals surface area contributed by atoms with Crippen LogP contribution in [0.5, 0.6) is 0 Å². The van der Waals surface area contributed by atoms with Gasteiger partial charge in [0.2, 0.25) is 5.82 Å². The number of hydrogen-bond acceptors (Lipinski definition) is 7. The van der Waals surface area contributed by atoms with E-state index in [-0.39, 0.29) is 12.2 Å². The van der Waals surface area contributed by atoms with Crippen molar-refractivity contribution >= 4 is 11.3 Å². The molecule has 0 aromatic carbocycles. The Bertz CT molecular complexity index is 578. The lowest BCUT2D eigenvalue weighted by molar-refractivity contribution is -0.0776. The summed E-state index contributed by atoms with van der Waals surface area (Å²) in [5.41, 5.74) is 0.960. The van der Waals surface area contributed by atoms with Crippen LogP contribution in [0.1, 0.15) is 13.8 Å². The lowest BCUT2D eigenvalue weighted by Crippen LogP contribution is -2.48. The number of aliphatic hydroxyl groups is 1. The standard InChI is InChI=1S/C14H21N5O2S/c1-10-5-18(6-11(2)21-10)7-13(20)8-19-16-14(15-17-19)12-3-4-22-9-12/h3-4,9-11,13,20H,5-8H2,1-2H3/t10-,11+,13-/m0/s1. The molecule has 0 saturated carbocycles. The number of tetrazole rings is 1. The van der Waals surface area contributed by atoms with Gasteiger partial charge in [-0.25, -0.2) is 0 Å². The lowest BCUT2D eigenvalue weighted by Gasteiger charge is -2.36. The average Bonchev–Trinajstić information content (AvgIpc) is 3.07. The fourth-order valence-electron chi connectivity index (χ4n) is 2.81. The lowest BCUT2D eigenvalue weighted by atomic mass is 10.2. The van der Waals surface area contributed by atoms with Gasteiger partial charge in [0.05, 0.1) is 24.9 Å². The minimum Gasteiger partial charge on any atom is -0.390 e. The van der Waals surface area contributed by atoms with Crippen LogP contribution in [0.25, 0.3) is 11.4 Å². The molecule has 120 valence electrons. The summed E-state index contributed by atoms with van der Waals surface area (Å²) < 4.78 is 5.70. The van der Waals surface area contributed by atoms with Crippen LogP contribution in [0.2, 0.25) is 0 Å². The molecule has 1 aliphatic heterocycles. The van der Waals surface area contributed by atoms with E-state index in [4.69, 9.17) is 4.74 Å². The summed E-state index contributed by atoms with van der Waals surface area (Å²) in [7, 11) is 0. The van der Waals surface area contributed by atoms with Gasteiger partial charge in [-0.05, 0) is 30.5 Å². The molecule has 7 nitrogen and oxygen atoms in total. The SMILES string of the molecule is C[C@@H]1CN(C[C@H](O)Cn2nnc(-c3ccsc3)n2)C[C@H](C)O1. The fourth-order valence-corrected chi connectivity index (χ4v) is 3.44. The van der Waals surface area contributed by atoms with Gasteiger partial charge in [0.25, 0.3) is 0 Å². The molecule has 2 aromatic rings. The van der Waals surface area contributed by atoms with Crippen molar-refractivity contribution in [3.8, 4) is 11.4 Å². The second-order valence-electron chi connectivity index (χ2n) is 5.81. The number of β-amino-alcohol motifs (C(OH)–C–C–N with tert-alkyl or cyclic N) is 1. The van der Waals surface area contributed by atoms with Crippen LogP contribution in [0, 0.1) is 0 Å². The zero-order chi connectivity index (χ0) is 15.5. The Balaban J connectivity index is 1.54. The summed E-state index contributed by atoms with van der Waals surface area (Å²) in [6, 6.07) is 1.96. The molecule has 8 heteroatoms. The van der Waals surface area contributed by atoms with E-state index in [2.05, 4.69) is 34.2 Å². The molecule has 22 heavy (non-hydrogen) atoms. The van der Waals surface area contributed by atoms with Gasteiger partial charge < -0.3 is 9.84 Å². The number of hydrogen-bond donors (Lipinski definition) is 1. The summed E-state index contributed by atoms with van der Waals surface area (Å²) in [6.07, 6.45) is -0.127. The van der Waals surface area contributed by atoms with Crippen molar-refractivity contribution in [1.82, 2.24) is 25.1 Å². The van der Waals surface area contributed by atoms with Gasteiger partial charge in [-0.15, -0.1) is 10.2 Å². The van der Waals surface area contributed by atoms with Gasteiger partial charge in [0.15, 0.2) is 0 Å². The van der Waals surface area contributed by atoms with E-state index in [9.17, 15) is 5.11 Å². The van der Waals surface area contributed by atoms with E-state index >= 15 is 0 Å². The average molecular weight is 323 g/mol. The van der Waals surface area contributed by atoms with E-state index in [1.54, 1.807) is 11.3 Å². The van der Waals surface area contributed by atoms with Crippen LogP contribution >= 0.6 is 11.3 Å². The molecule has 2 aromatic heterocycles. The third-order valence-corrected chi connectivity index (χ3v) is 4.25. The highest BCUT2D eigenvalue weighted by molar-refractivity contribution is 7.08. The highest BCUT2D eigenvalue weighted by atomic mass is 32.1. The van der Waals surface area contributed by atoms with E-state index in [0.29, 0.717) is 18.9 Å². The van der Waals surface area contributed by atoms with E-state index in [0.717, 1.165) is 18.7 Å². The smallest absolute Gasteiger partial charge is 0.205 e. The Hall–Kier alpha value is -1.35. The van der Waals surface area contributed by atoms with Crippen molar-refractivity contribution in [1.29, 1.82) is 0 Å². The second-order valence-corrected chi connectivity index (χ2v) is 6.59. The Labute approximate surface area is 133 Å². The number of aliphatic hydroxyl groups excluding tert-OH is 1. The molecule has 0 spiro atoms. The zero-order valence-corrected chi connectivity index (χ0v) is 13.6. The molecule has 0 unspecified atom stereocenters. The number of rotatable bonds is 5. The predicted octanol–water partition coefficient (Wildman–Crippen LogP) is 0.872. The van der Waals surface area contributed by atoms with Crippen LogP contribution in [-0.4, -0.2) is 68.2 Å². The summed E-state index contributed by atoms with van der Waals surface area (Å²) in [6.45, 7) is 6.73. The van der Waals surface area contributed by atoms with Crippen LogP contribution in [0.4, 0.5) is 0 Å². The van der Waals surface area contributed by atoms with Gasteiger partial charge in [0.1, 0.15) is 0 Å². The van der Waals surface area contributed by atoms with Crippen molar-refractivity contribution in [3.05, 3.63) is 16.8 Å². The molecule has 1 fully saturated rings. The van der Waals surface area contributed by atoms with E-state index in [1.807, 2.05) is 16.8 Å². The summed E-state index contributed by atoms with van der Waals surface area (Å²) in [5.74, 6) is 0.599. The molecule has 1 N–H and O–H groups in total. The maximum Gasteiger partial charge on any atom is 0.205 e. The van der Waals surface area contributed by atoms with Gasteiger partial charge in [-0.1, -0.05) is 0 Å². The molecule has 3 heterocycles. The van der Waals surface area contributed by atoms with Crippen molar-refractivity contribution in [2.75, 3.05) is 19.6 Å². The molecule has 0 bridgehead atoms. The van der Waals surface area contributed by atoms with Crippen molar-refractivity contribution in [2.45, 2.75) is 38.7 Å². The number of ether oxygens (including phenoxy) is 1. The van der Waals surface area contributed by atoms with Gasteiger partial charge in [-0.3, -0.25) is 4.90 Å². The predicted molar refractivity (Wildman–Crippen MR) is 83.6 cm³/mol. The molecular formula is C14H21N5O2S. The molecule has 3 atom stereocenters. The summed E-state index contributed by atoms with van der Waals surface area (Å²) >= 11 is 1.60. The first kappa shape index (κ1) is 15.5. The first-order chi connectivity index (χ1) is 10.6. The topological polar surface area (TPSA) is 76.3 Å². The number of thiophene rings is 1. The molecule has 1 saturated heterocycles. The Morgan fingerprint density at radius 2 is 2.14 bits per heavy atom. The Kier molecular flexibility index (Phi) is 4.82. The van der Waals surface area contributed by atoms with Gasteiger partial charge in [0, 0.05) is 30.6 Å². The van der Waals surface area contributed by atoms with E-state index < -0.39 is 6.10 Å². The minimum absolute atomic E-state index is 0.200. The monoisotopic (exact) mass is 323 g/mol. The number of morpholine rings is 1. The fraction of sp³-hybridized carbons (Fsp3) is 0.643. The van der Waals surface area contributed by atoms with Crippen LogP contribution < -0.4 is 0 Å². The van der Waals surface area contributed by atoms with Crippen LogP contribution in [0.15, 0.2) is 16.8 Å². The zero-order valence-electron chi connectivity index (χ0n) is 12.8. The van der Waals surface area contributed by atoms with Crippen LogP contribution in [-0.2, 0) is 11.3 Å². The van der Waals surface area contributed by atoms with Crippen molar-refractivity contribution in [3.63, 3.8) is 0 Å². The van der Waals surface area contributed by atoms with Crippen molar-refractivity contribution in [2.24, 2.45) is 0 Å². The van der Waals surface area contributed by atoms with E-state index in [1.165, 1.54) is 4.80 Å². The molecule has 1 aliphatic rings. The van der Waals surface area contributed by atoms with Crippen LogP contribution in [0.3, 0.4) is 0 Å². The summed E-state index contributed by atoms with van der Waals surface area (Å²) in [5, 5.41) is 26.6. The minimum atomic E-state index is -0.526. The first-order valence-electron chi connectivity index (χ1n) is 7.46. The molecule has 0 amide bonds. The summed E-state index contributed by atoms with van der Waals surface area (Å²) in [4.78, 5) is 3.69. The quantitative estimate of drug-likeness (QED) is 0.880.